The molecule has 2 fully saturated rings. The lowest BCUT2D eigenvalue weighted by Crippen LogP contribution is -2.50. The van der Waals surface area contributed by atoms with E-state index in [0.717, 1.165) is 50.9 Å². The predicted octanol–water partition coefficient (Wildman–Crippen LogP) is 2.87. The van der Waals surface area contributed by atoms with Gasteiger partial charge in [-0.1, -0.05) is 30.3 Å². The first-order valence-corrected chi connectivity index (χ1v) is 10.5. The van der Waals surface area contributed by atoms with Gasteiger partial charge in [0.15, 0.2) is 0 Å². The Labute approximate surface area is 172 Å². The summed E-state index contributed by atoms with van der Waals surface area (Å²) < 4.78 is 0. The number of aromatic nitrogens is 2. The van der Waals surface area contributed by atoms with Crippen LogP contribution in [0, 0.1) is 12.3 Å². The van der Waals surface area contributed by atoms with Gasteiger partial charge in [-0.05, 0) is 44.6 Å². The van der Waals surface area contributed by atoms with Crippen molar-refractivity contribution < 1.29 is 9.59 Å². The quantitative estimate of drug-likeness (QED) is 0.785. The number of hydrogen-bond donors (Lipinski definition) is 0. The number of piperidine rings is 1. The number of nitrogens with zero attached hydrogens (tertiary/aromatic N) is 4. The highest BCUT2D eigenvalue weighted by Crippen LogP contribution is 2.40. The minimum absolute atomic E-state index is 0.122. The maximum absolute atomic E-state index is 13.3. The summed E-state index contributed by atoms with van der Waals surface area (Å²) in [5, 5.41) is 0. The van der Waals surface area contributed by atoms with Crippen molar-refractivity contribution in [2.75, 3.05) is 26.2 Å². The molecule has 1 aromatic heterocycles. The molecular formula is C23H28N4O2. The second-order valence-corrected chi connectivity index (χ2v) is 8.28. The van der Waals surface area contributed by atoms with Crippen molar-refractivity contribution in [2.45, 2.75) is 39.0 Å². The van der Waals surface area contributed by atoms with Gasteiger partial charge in [-0.2, -0.15) is 0 Å². The first kappa shape index (κ1) is 19.6. The van der Waals surface area contributed by atoms with E-state index in [9.17, 15) is 9.59 Å². The lowest BCUT2D eigenvalue weighted by molar-refractivity contribution is -0.145. The summed E-state index contributed by atoms with van der Waals surface area (Å²) in [6.07, 6.45) is 7.70. The first-order valence-electron chi connectivity index (χ1n) is 10.5. The van der Waals surface area contributed by atoms with E-state index in [4.69, 9.17) is 0 Å². The van der Waals surface area contributed by atoms with Crippen LogP contribution in [0.3, 0.4) is 0 Å². The molecule has 2 aliphatic rings. The predicted molar refractivity (Wildman–Crippen MR) is 110 cm³/mol. The van der Waals surface area contributed by atoms with Gasteiger partial charge < -0.3 is 9.80 Å². The number of benzene rings is 1. The summed E-state index contributed by atoms with van der Waals surface area (Å²) >= 11 is 0. The van der Waals surface area contributed by atoms with Crippen LogP contribution in [0.25, 0.3) is 0 Å². The largest absolute Gasteiger partial charge is 0.342 e. The molecule has 0 saturated carbocycles. The highest BCUT2D eigenvalue weighted by Gasteiger charge is 2.49. The SMILES string of the molecule is Cc1cnc(C(=O)N2CC[C@]3(CCCN(CCCc4ccccc4)C3=O)C2)cn1. The molecule has 0 radical (unpaired) electrons. The van der Waals surface area contributed by atoms with Crippen molar-refractivity contribution in [1.82, 2.24) is 19.8 Å². The van der Waals surface area contributed by atoms with Crippen LogP contribution in [0.1, 0.15) is 47.4 Å². The number of aryl methyl sites for hydroxylation is 2. The second-order valence-electron chi connectivity index (χ2n) is 8.28. The van der Waals surface area contributed by atoms with E-state index in [1.807, 2.05) is 17.9 Å². The molecule has 1 aromatic carbocycles. The molecule has 29 heavy (non-hydrogen) atoms. The van der Waals surface area contributed by atoms with Gasteiger partial charge in [0.25, 0.3) is 5.91 Å². The van der Waals surface area contributed by atoms with Crippen LogP contribution >= 0.6 is 0 Å². The Hall–Kier alpha value is -2.76. The minimum Gasteiger partial charge on any atom is -0.342 e. The zero-order valence-electron chi connectivity index (χ0n) is 17.0. The monoisotopic (exact) mass is 392 g/mol. The molecule has 0 bridgehead atoms. The Balaban J connectivity index is 1.37. The zero-order chi connectivity index (χ0) is 20.3. The third-order valence-corrected chi connectivity index (χ3v) is 6.20. The Bertz CT molecular complexity index is 868. The van der Waals surface area contributed by atoms with Gasteiger partial charge in [-0.3, -0.25) is 14.6 Å². The third-order valence-electron chi connectivity index (χ3n) is 6.20. The van der Waals surface area contributed by atoms with Crippen LogP contribution < -0.4 is 0 Å². The molecule has 2 aliphatic heterocycles. The van der Waals surface area contributed by atoms with E-state index in [-0.39, 0.29) is 11.8 Å². The summed E-state index contributed by atoms with van der Waals surface area (Å²) in [6, 6.07) is 10.4. The lowest BCUT2D eigenvalue weighted by atomic mass is 9.78. The number of amides is 2. The Morgan fingerprint density at radius 3 is 2.69 bits per heavy atom. The average molecular weight is 393 g/mol. The minimum atomic E-state index is -0.418. The Kier molecular flexibility index (Phi) is 5.60. The van der Waals surface area contributed by atoms with E-state index >= 15 is 0 Å². The van der Waals surface area contributed by atoms with Gasteiger partial charge in [-0.25, -0.2) is 4.98 Å². The maximum atomic E-state index is 13.3. The van der Waals surface area contributed by atoms with E-state index in [1.54, 1.807) is 11.1 Å². The van der Waals surface area contributed by atoms with Crippen LogP contribution in [0.15, 0.2) is 42.7 Å². The molecule has 1 atom stereocenters. The van der Waals surface area contributed by atoms with Crippen molar-refractivity contribution in [3.63, 3.8) is 0 Å². The number of rotatable bonds is 5. The summed E-state index contributed by atoms with van der Waals surface area (Å²) in [6.45, 7) is 4.56. The molecule has 6 nitrogen and oxygen atoms in total. The highest BCUT2D eigenvalue weighted by atomic mass is 16.2. The van der Waals surface area contributed by atoms with Crippen LogP contribution in [0.5, 0.6) is 0 Å². The topological polar surface area (TPSA) is 66.4 Å². The lowest BCUT2D eigenvalue weighted by Gasteiger charge is -2.39. The van der Waals surface area contributed by atoms with Crippen LogP contribution in [-0.2, 0) is 11.2 Å². The molecule has 6 heteroatoms. The number of hydrogen-bond acceptors (Lipinski definition) is 4. The van der Waals surface area contributed by atoms with E-state index in [2.05, 4.69) is 34.2 Å². The van der Waals surface area contributed by atoms with Crippen molar-refractivity contribution >= 4 is 11.8 Å². The van der Waals surface area contributed by atoms with Gasteiger partial charge in [0.05, 0.1) is 17.3 Å². The third kappa shape index (κ3) is 4.16. The van der Waals surface area contributed by atoms with Crippen molar-refractivity contribution in [1.29, 1.82) is 0 Å². The number of carbonyl (C=O) groups excluding carboxylic acids is 2. The molecule has 0 aliphatic carbocycles. The van der Waals surface area contributed by atoms with Crippen LogP contribution in [-0.4, -0.2) is 57.8 Å². The van der Waals surface area contributed by atoms with Crippen molar-refractivity contribution in [3.05, 3.63) is 59.7 Å². The van der Waals surface area contributed by atoms with E-state index < -0.39 is 5.41 Å². The molecular weight excluding hydrogens is 364 g/mol. The summed E-state index contributed by atoms with van der Waals surface area (Å²) in [5.41, 5.74) is 2.03. The van der Waals surface area contributed by atoms with Gasteiger partial charge >= 0.3 is 0 Å². The normalized spacial score (nSPS) is 21.8. The van der Waals surface area contributed by atoms with Gasteiger partial charge in [0.1, 0.15) is 5.69 Å². The average Bonchev–Trinajstić information content (AvgIpc) is 3.17. The van der Waals surface area contributed by atoms with Gasteiger partial charge in [0, 0.05) is 32.4 Å². The molecule has 152 valence electrons. The number of likely N-dealkylation sites (tertiary alicyclic amines) is 2. The van der Waals surface area contributed by atoms with Crippen molar-refractivity contribution in [2.24, 2.45) is 5.41 Å². The van der Waals surface area contributed by atoms with Crippen LogP contribution in [0.4, 0.5) is 0 Å². The molecule has 2 amide bonds. The van der Waals surface area contributed by atoms with Gasteiger partial charge in [0.2, 0.25) is 5.91 Å². The molecule has 3 heterocycles. The smallest absolute Gasteiger partial charge is 0.274 e. The second kappa shape index (κ2) is 8.31. The fourth-order valence-corrected chi connectivity index (χ4v) is 4.57. The first-order chi connectivity index (χ1) is 14.1. The summed E-state index contributed by atoms with van der Waals surface area (Å²) in [5.74, 6) is 0.102. The fourth-order valence-electron chi connectivity index (χ4n) is 4.57. The molecule has 0 unspecified atom stereocenters. The highest BCUT2D eigenvalue weighted by molar-refractivity contribution is 5.93. The van der Waals surface area contributed by atoms with Crippen LogP contribution in [0.2, 0.25) is 0 Å². The van der Waals surface area contributed by atoms with E-state index in [0.29, 0.717) is 18.8 Å². The Morgan fingerprint density at radius 2 is 1.93 bits per heavy atom. The number of carbonyl (C=O) groups is 2. The van der Waals surface area contributed by atoms with Crippen molar-refractivity contribution in [3.8, 4) is 0 Å². The fraction of sp³-hybridized carbons (Fsp3) is 0.478. The summed E-state index contributed by atoms with van der Waals surface area (Å²) in [4.78, 5) is 38.3. The Morgan fingerprint density at radius 1 is 1.10 bits per heavy atom. The molecule has 2 aromatic rings. The molecule has 2 saturated heterocycles. The molecule has 0 N–H and O–H groups in total. The van der Waals surface area contributed by atoms with Gasteiger partial charge in [-0.15, -0.1) is 0 Å². The molecule has 1 spiro atoms. The molecule has 4 rings (SSSR count). The zero-order valence-corrected chi connectivity index (χ0v) is 17.0. The van der Waals surface area contributed by atoms with E-state index in [1.165, 1.54) is 11.8 Å². The maximum Gasteiger partial charge on any atom is 0.274 e. The standard InChI is InChI=1S/C23H28N4O2/c1-18-15-25-20(16-24-18)21(28)27-14-11-23(17-27)10-6-13-26(22(23)29)12-5-9-19-7-3-2-4-8-19/h2-4,7-8,15-16H,5-6,9-14,17H2,1H3/t23-/m1/s1. The summed E-state index contributed by atoms with van der Waals surface area (Å²) in [7, 11) is 0.